The van der Waals surface area contributed by atoms with E-state index >= 15 is 0 Å². The summed E-state index contributed by atoms with van der Waals surface area (Å²) in [6.45, 7) is 11.3. The Bertz CT molecular complexity index is 1690. The van der Waals surface area contributed by atoms with Gasteiger partial charge in [0.1, 0.15) is 11.2 Å². The van der Waals surface area contributed by atoms with Gasteiger partial charge in [0.2, 0.25) is 0 Å². The van der Waals surface area contributed by atoms with Crippen molar-refractivity contribution in [2.24, 2.45) is 0 Å². The molecule has 0 amide bonds. The number of furan rings is 1. The van der Waals surface area contributed by atoms with Gasteiger partial charge in [0.25, 0.3) is 0 Å². The lowest BCUT2D eigenvalue weighted by Gasteiger charge is -2.22. The zero-order valence-corrected chi connectivity index (χ0v) is 21.0. The second kappa shape index (κ2) is 7.54. The quantitative estimate of drug-likeness (QED) is 0.257. The zero-order chi connectivity index (χ0) is 23.6. The van der Waals surface area contributed by atoms with Crippen LogP contribution in [-0.4, -0.2) is 4.98 Å². The van der Waals surface area contributed by atoms with Gasteiger partial charge in [0.05, 0.1) is 15.9 Å². The number of para-hydroxylation sites is 2. The van der Waals surface area contributed by atoms with Crippen LogP contribution in [0.2, 0.25) is 0 Å². The number of fused-ring (bicyclic) bond motifs is 4. The number of benzene rings is 3. The average molecular weight is 462 g/mol. The van der Waals surface area contributed by atoms with Gasteiger partial charge in [-0.05, 0) is 71.8 Å². The number of aryl methyl sites for hydroxylation is 2. The fraction of sp³-hybridized carbons (Fsp3) is 0.194. The summed E-state index contributed by atoms with van der Waals surface area (Å²) in [5, 5.41) is 2.27. The van der Waals surface area contributed by atoms with Crippen molar-refractivity contribution in [1.82, 2.24) is 4.98 Å². The number of pyridine rings is 1. The van der Waals surface area contributed by atoms with Crippen LogP contribution in [0.15, 0.2) is 77.2 Å². The van der Waals surface area contributed by atoms with E-state index in [4.69, 9.17) is 9.40 Å². The maximum atomic E-state index is 6.26. The number of aromatic nitrogens is 1. The molecular formula is C31H27NOS. The Kier molecular flexibility index (Phi) is 4.69. The minimum Gasteiger partial charge on any atom is -0.455 e. The molecule has 0 saturated heterocycles. The predicted octanol–water partition coefficient (Wildman–Crippen LogP) is 9.44. The van der Waals surface area contributed by atoms with Crippen LogP contribution >= 0.6 is 11.3 Å². The Balaban J connectivity index is 1.48. The molecular weight excluding hydrogens is 434 g/mol. The van der Waals surface area contributed by atoms with E-state index in [1.54, 1.807) is 0 Å². The lowest BCUT2D eigenvalue weighted by Crippen LogP contribution is -2.11. The Hall–Kier alpha value is -3.43. The molecule has 168 valence electrons. The van der Waals surface area contributed by atoms with E-state index in [-0.39, 0.29) is 5.41 Å². The van der Waals surface area contributed by atoms with E-state index in [9.17, 15) is 0 Å². The van der Waals surface area contributed by atoms with Gasteiger partial charge in [-0.3, -0.25) is 0 Å². The SMILES string of the molecule is Cc1cc(C(C)(C)C)cc(C)c1-c1cc2nc(-c3cccc4c3oc3ccccc34)ccc2s1. The van der Waals surface area contributed by atoms with Crippen LogP contribution in [0.1, 0.15) is 37.5 Å². The average Bonchev–Trinajstić information content (AvgIpc) is 3.38. The van der Waals surface area contributed by atoms with E-state index in [1.807, 2.05) is 23.5 Å². The standard InChI is InChI=1S/C31H27NOS/c1-18-15-20(31(3,4)5)16-19(2)29(18)28-17-25-27(34-28)14-13-24(32-25)23-11-8-10-22-21-9-6-7-12-26(21)33-30(22)23/h6-17H,1-5H3. The van der Waals surface area contributed by atoms with Gasteiger partial charge < -0.3 is 4.42 Å². The Morgan fingerprint density at radius 3 is 2.29 bits per heavy atom. The molecule has 0 saturated carbocycles. The van der Waals surface area contributed by atoms with Gasteiger partial charge in [0, 0.05) is 21.2 Å². The first kappa shape index (κ1) is 21.1. The van der Waals surface area contributed by atoms with E-state index in [0.29, 0.717) is 0 Å². The molecule has 0 aliphatic carbocycles. The fourth-order valence-electron chi connectivity index (χ4n) is 4.93. The Morgan fingerprint density at radius 1 is 0.794 bits per heavy atom. The lowest BCUT2D eigenvalue weighted by atomic mass is 9.83. The highest BCUT2D eigenvalue weighted by Crippen LogP contribution is 2.40. The topological polar surface area (TPSA) is 26.0 Å². The minimum atomic E-state index is 0.141. The molecule has 0 N–H and O–H groups in total. The second-order valence-electron chi connectivity index (χ2n) is 10.2. The number of hydrogen-bond donors (Lipinski definition) is 0. The van der Waals surface area contributed by atoms with Crippen LogP contribution in [-0.2, 0) is 5.41 Å². The summed E-state index contributed by atoms with van der Waals surface area (Å²) in [7, 11) is 0. The molecule has 3 aromatic carbocycles. The van der Waals surface area contributed by atoms with Gasteiger partial charge in [-0.25, -0.2) is 4.98 Å². The van der Waals surface area contributed by atoms with Crippen molar-refractivity contribution in [1.29, 1.82) is 0 Å². The first-order valence-corrected chi connectivity index (χ1v) is 12.5. The fourth-order valence-corrected chi connectivity index (χ4v) is 6.11. The zero-order valence-electron chi connectivity index (χ0n) is 20.2. The molecule has 3 heteroatoms. The van der Waals surface area contributed by atoms with Crippen LogP contribution in [0.4, 0.5) is 0 Å². The highest BCUT2D eigenvalue weighted by Gasteiger charge is 2.19. The van der Waals surface area contributed by atoms with Crippen LogP contribution < -0.4 is 0 Å². The summed E-state index contributed by atoms with van der Waals surface area (Å²) in [5.74, 6) is 0. The van der Waals surface area contributed by atoms with Crippen molar-refractivity contribution in [3.63, 3.8) is 0 Å². The monoisotopic (exact) mass is 461 g/mol. The smallest absolute Gasteiger partial charge is 0.144 e. The molecule has 0 aliphatic heterocycles. The number of rotatable bonds is 2. The highest BCUT2D eigenvalue weighted by atomic mass is 32.1. The third kappa shape index (κ3) is 3.35. The summed E-state index contributed by atoms with van der Waals surface area (Å²) in [4.78, 5) is 6.35. The van der Waals surface area contributed by atoms with Gasteiger partial charge in [-0.2, -0.15) is 0 Å². The number of nitrogens with zero attached hydrogens (tertiary/aromatic N) is 1. The third-order valence-electron chi connectivity index (χ3n) is 6.70. The number of hydrogen-bond acceptors (Lipinski definition) is 3. The molecule has 2 nitrogen and oxygen atoms in total. The third-order valence-corrected chi connectivity index (χ3v) is 7.81. The highest BCUT2D eigenvalue weighted by molar-refractivity contribution is 7.22. The number of thiophene rings is 1. The molecule has 0 unspecified atom stereocenters. The summed E-state index contributed by atoms with van der Waals surface area (Å²) in [6.07, 6.45) is 0. The van der Waals surface area contributed by atoms with E-state index in [0.717, 1.165) is 38.7 Å². The summed E-state index contributed by atoms with van der Waals surface area (Å²) >= 11 is 1.82. The molecule has 0 spiro atoms. The predicted molar refractivity (Wildman–Crippen MR) is 146 cm³/mol. The van der Waals surface area contributed by atoms with Crippen molar-refractivity contribution in [2.75, 3.05) is 0 Å². The van der Waals surface area contributed by atoms with Crippen LogP contribution in [0.25, 0.3) is 53.9 Å². The summed E-state index contributed by atoms with van der Waals surface area (Å²) < 4.78 is 7.46. The normalized spacial score (nSPS) is 12.3. The molecule has 0 bridgehead atoms. The van der Waals surface area contributed by atoms with E-state index in [1.165, 1.54) is 31.8 Å². The van der Waals surface area contributed by atoms with E-state index < -0.39 is 0 Å². The molecule has 0 aliphatic rings. The lowest BCUT2D eigenvalue weighted by molar-refractivity contribution is 0.589. The molecule has 34 heavy (non-hydrogen) atoms. The molecule has 0 atom stereocenters. The van der Waals surface area contributed by atoms with Gasteiger partial charge >= 0.3 is 0 Å². The first-order chi connectivity index (χ1) is 16.3. The molecule has 3 heterocycles. The Morgan fingerprint density at radius 2 is 1.53 bits per heavy atom. The van der Waals surface area contributed by atoms with Gasteiger partial charge in [-0.1, -0.05) is 63.2 Å². The van der Waals surface area contributed by atoms with Crippen molar-refractivity contribution < 1.29 is 4.42 Å². The molecule has 0 radical (unpaired) electrons. The minimum absolute atomic E-state index is 0.141. The second-order valence-corrected chi connectivity index (χ2v) is 11.3. The first-order valence-electron chi connectivity index (χ1n) is 11.7. The van der Waals surface area contributed by atoms with Crippen LogP contribution in [0.5, 0.6) is 0 Å². The maximum Gasteiger partial charge on any atom is 0.144 e. The summed E-state index contributed by atoms with van der Waals surface area (Å²) in [5.41, 5.74) is 10.3. The summed E-state index contributed by atoms with van der Waals surface area (Å²) in [6, 6.07) is 25.8. The van der Waals surface area contributed by atoms with Gasteiger partial charge in [-0.15, -0.1) is 11.3 Å². The van der Waals surface area contributed by atoms with Crippen LogP contribution in [0.3, 0.4) is 0 Å². The van der Waals surface area contributed by atoms with Crippen molar-refractivity contribution in [2.45, 2.75) is 40.0 Å². The molecule has 3 aromatic heterocycles. The van der Waals surface area contributed by atoms with Crippen molar-refractivity contribution in [3.05, 3.63) is 89.5 Å². The van der Waals surface area contributed by atoms with Crippen LogP contribution in [0, 0.1) is 13.8 Å². The largest absolute Gasteiger partial charge is 0.455 e. The van der Waals surface area contributed by atoms with E-state index in [2.05, 4.69) is 95.3 Å². The molecule has 0 fully saturated rings. The Labute approximate surface area is 203 Å². The maximum absolute atomic E-state index is 6.26. The molecule has 6 aromatic rings. The van der Waals surface area contributed by atoms with Gasteiger partial charge in [0.15, 0.2) is 0 Å². The van der Waals surface area contributed by atoms with Crippen molar-refractivity contribution in [3.8, 4) is 21.7 Å². The molecule has 6 rings (SSSR count). The van der Waals surface area contributed by atoms with Crippen molar-refractivity contribution >= 4 is 43.5 Å².